The van der Waals surface area contributed by atoms with E-state index in [9.17, 15) is 4.79 Å². The molecule has 5 nitrogen and oxygen atoms in total. The molecule has 0 aliphatic rings. The number of hydrogen-bond acceptors (Lipinski definition) is 4. The lowest BCUT2D eigenvalue weighted by molar-refractivity contribution is 0.288. The van der Waals surface area contributed by atoms with Crippen LogP contribution >= 0.6 is 11.6 Å². The van der Waals surface area contributed by atoms with Gasteiger partial charge in [0.1, 0.15) is 0 Å². The van der Waals surface area contributed by atoms with E-state index in [1.165, 1.54) is 7.11 Å². The maximum absolute atomic E-state index is 12.6. The number of aromatic nitrogens is 2. The van der Waals surface area contributed by atoms with Gasteiger partial charge in [0.15, 0.2) is 5.15 Å². The Hall–Kier alpha value is -1.85. The van der Waals surface area contributed by atoms with Crippen molar-refractivity contribution in [2.24, 2.45) is 0 Å². The summed E-state index contributed by atoms with van der Waals surface area (Å²) in [5.74, 6) is -0.00264. The predicted molar refractivity (Wildman–Crippen MR) is 88.0 cm³/mol. The normalized spacial score (nSPS) is 11.0. The minimum atomic E-state index is -0.305. The fourth-order valence-corrected chi connectivity index (χ4v) is 2.51. The summed E-state index contributed by atoms with van der Waals surface area (Å²) < 4.78 is 6.63. The van der Waals surface area contributed by atoms with Crippen molar-refractivity contribution in [2.75, 3.05) is 20.2 Å². The monoisotopic (exact) mass is 321 g/mol. The van der Waals surface area contributed by atoms with Crippen LogP contribution in [0.3, 0.4) is 0 Å². The summed E-state index contributed by atoms with van der Waals surface area (Å²) in [6.07, 6.45) is 0. The summed E-state index contributed by atoms with van der Waals surface area (Å²) in [6.45, 7) is 6.41. The lowest BCUT2D eigenvalue weighted by Gasteiger charge is -2.22. The highest BCUT2D eigenvalue weighted by Crippen LogP contribution is 2.20. The summed E-state index contributed by atoms with van der Waals surface area (Å²) >= 11 is 6.32. The lowest BCUT2D eigenvalue weighted by atomic mass is 10.3. The number of para-hydroxylation sites is 1. The van der Waals surface area contributed by atoms with E-state index in [0.717, 1.165) is 18.8 Å². The van der Waals surface area contributed by atoms with E-state index >= 15 is 0 Å². The van der Waals surface area contributed by atoms with Gasteiger partial charge in [-0.05, 0) is 25.2 Å². The van der Waals surface area contributed by atoms with Gasteiger partial charge in [-0.2, -0.15) is 4.98 Å². The van der Waals surface area contributed by atoms with Crippen LogP contribution in [0.15, 0.2) is 35.1 Å². The van der Waals surface area contributed by atoms with E-state index in [0.29, 0.717) is 12.2 Å². The second kappa shape index (κ2) is 7.42. The van der Waals surface area contributed by atoms with Gasteiger partial charge in [-0.15, -0.1) is 0 Å². The maximum atomic E-state index is 12.6. The fraction of sp³-hybridized carbons (Fsp3) is 0.375. The average Bonchev–Trinajstić information content (AvgIpc) is 2.55. The van der Waals surface area contributed by atoms with Gasteiger partial charge in [0, 0.05) is 12.2 Å². The number of nitrogens with zero attached hydrogens (tertiary/aromatic N) is 3. The number of ether oxygens (including phenoxy) is 1. The molecule has 0 unspecified atom stereocenters. The highest BCUT2D eigenvalue weighted by molar-refractivity contribution is 6.30. The molecule has 0 saturated carbocycles. The van der Waals surface area contributed by atoms with Gasteiger partial charge in [-0.1, -0.05) is 43.6 Å². The van der Waals surface area contributed by atoms with Gasteiger partial charge in [-0.25, -0.2) is 0 Å². The molecule has 1 aromatic carbocycles. The van der Waals surface area contributed by atoms with Crippen LogP contribution < -0.4 is 10.3 Å². The maximum Gasteiger partial charge on any atom is 0.318 e. The molecule has 6 heteroatoms. The summed E-state index contributed by atoms with van der Waals surface area (Å²) in [7, 11) is 1.42. The first-order valence-electron chi connectivity index (χ1n) is 7.25. The molecular weight excluding hydrogens is 302 g/mol. The van der Waals surface area contributed by atoms with Crippen LogP contribution in [0, 0.1) is 0 Å². The zero-order valence-electron chi connectivity index (χ0n) is 13.0. The fourth-order valence-electron chi connectivity index (χ4n) is 2.29. The van der Waals surface area contributed by atoms with E-state index in [1.807, 2.05) is 30.3 Å². The predicted octanol–water partition coefficient (Wildman–Crippen LogP) is 2.74. The number of benzene rings is 1. The number of hydrogen-bond donors (Lipinski definition) is 0. The van der Waals surface area contributed by atoms with Crippen molar-refractivity contribution < 1.29 is 4.74 Å². The summed E-state index contributed by atoms with van der Waals surface area (Å²) in [6, 6.07) is 9.39. The van der Waals surface area contributed by atoms with Crippen molar-refractivity contribution in [1.82, 2.24) is 14.5 Å². The Morgan fingerprint density at radius 3 is 2.41 bits per heavy atom. The summed E-state index contributed by atoms with van der Waals surface area (Å²) in [5.41, 5.74) is 1.11. The summed E-state index contributed by atoms with van der Waals surface area (Å²) in [5, 5.41) is 0.284. The quantitative estimate of drug-likeness (QED) is 0.821. The van der Waals surface area contributed by atoms with Crippen LogP contribution in [0.4, 0.5) is 0 Å². The molecule has 1 heterocycles. The van der Waals surface area contributed by atoms with Gasteiger partial charge >= 0.3 is 5.56 Å². The van der Waals surface area contributed by atoms with E-state index < -0.39 is 0 Å². The molecule has 0 bridgehead atoms. The molecule has 0 atom stereocenters. The first-order chi connectivity index (χ1) is 10.6. The van der Waals surface area contributed by atoms with E-state index in [2.05, 4.69) is 23.7 Å². The molecule has 0 radical (unpaired) electrons. The Morgan fingerprint density at radius 2 is 1.86 bits per heavy atom. The molecule has 2 aromatic rings. The molecule has 0 fully saturated rings. The number of methoxy groups -OCH3 is 1. The molecule has 0 amide bonds. The van der Waals surface area contributed by atoms with E-state index in [4.69, 9.17) is 16.3 Å². The molecule has 22 heavy (non-hydrogen) atoms. The van der Waals surface area contributed by atoms with E-state index in [1.54, 1.807) is 4.57 Å². The van der Waals surface area contributed by atoms with Gasteiger partial charge in [0.05, 0.1) is 12.8 Å². The molecule has 0 N–H and O–H groups in total. The zero-order valence-corrected chi connectivity index (χ0v) is 13.8. The third-order valence-electron chi connectivity index (χ3n) is 3.57. The molecular formula is C16H20ClN3O2. The molecule has 0 aliphatic heterocycles. The third kappa shape index (κ3) is 3.31. The van der Waals surface area contributed by atoms with Crippen molar-refractivity contribution in [3.63, 3.8) is 0 Å². The highest BCUT2D eigenvalue weighted by atomic mass is 35.5. The average molecular weight is 322 g/mol. The minimum Gasteiger partial charge on any atom is -0.477 e. The third-order valence-corrected chi connectivity index (χ3v) is 3.87. The Labute approximate surface area is 135 Å². The molecule has 0 aliphatic carbocycles. The Balaban J connectivity index is 2.66. The van der Waals surface area contributed by atoms with Crippen LogP contribution in [0.2, 0.25) is 5.15 Å². The highest BCUT2D eigenvalue weighted by Gasteiger charge is 2.18. The minimum absolute atomic E-state index is 0.00264. The first kappa shape index (κ1) is 16.5. The van der Waals surface area contributed by atoms with Gasteiger partial charge < -0.3 is 4.74 Å². The summed E-state index contributed by atoms with van der Waals surface area (Å²) in [4.78, 5) is 18.9. The van der Waals surface area contributed by atoms with E-state index in [-0.39, 0.29) is 16.6 Å². The number of rotatable bonds is 6. The smallest absolute Gasteiger partial charge is 0.318 e. The van der Waals surface area contributed by atoms with Crippen LogP contribution in [0.25, 0.3) is 5.69 Å². The Morgan fingerprint density at radius 1 is 1.23 bits per heavy atom. The molecule has 2 rings (SSSR count). The molecule has 118 valence electrons. The van der Waals surface area contributed by atoms with Crippen molar-refractivity contribution >= 4 is 11.6 Å². The Bertz CT molecular complexity index is 682. The molecule has 1 aromatic heterocycles. The standard InChI is InChI=1S/C16H20ClN3O2/c1-4-19(5-2)11-13-14(17)18-15(22-3)16(21)20(13)12-9-7-6-8-10-12/h6-10H,4-5,11H2,1-3H3. The van der Waals surface area contributed by atoms with Crippen molar-refractivity contribution in [1.29, 1.82) is 0 Å². The SMILES string of the molecule is CCN(CC)Cc1c(Cl)nc(OC)c(=O)n1-c1ccccc1. The van der Waals surface area contributed by atoms with Crippen molar-refractivity contribution in [3.05, 3.63) is 51.5 Å². The topological polar surface area (TPSA) is 47.4 Å². The second-order valence-electron chi connectivity index (χ2n) is 4.80. The first-order valence-corrected chi connectivity index (χ1v) is 7.63. The largest absolute Gasteiger partial charge is 0.477 e. The number of halogens is 1. The van der Waals surface area contributed by atoms with Crippen molar-refractivity contribution in [2.45, 2.75) is 20.4 Å². The van der Waals surface area contributed by atoms with Crippen molar-refractivity contribution in [3.8, 4) is 11.6 Å². The second-order valence-corrected chi connectivity index (χ2v) is 5.15. The van der Waals surface area contributed by atoms with Gasteiger partial charge in [0.25, 0.3) is 5.88 Å². The molecule has 0 saturated heterocycles. The van der Waals surface area contributed by atoms with Gasteiger partial charge in [-0.3, -0.25) is 14.3 Å². The van der Waals surface area contributed by atoms with Crippen LogP contribution in [0.1, 0.15) is 19.5 Å². The van der Waals surface area contributed by atoms with Crippen LogP contribution in [0.5, 0.6) is 5.88 Å². The van der Waals surface area contributed by atoms with Gasteiger partial charge in [0.2, 0.25) is 0 Å². The lowest BCUT2D eigenvalue weighted by Crippen LogP contribution is -2.30. The van der Waals surface area contributed by atoms with Crippen LogP contribution in [-0.2, 0) is 6.54 Å². The Kier molecular flexibility index (Phi) is 5.57. The van der Waals surface area contributed by atoms with Crippen LogP contribution in [-0.4, -0.2) is 34.7 Å². The molecule has 0 spiro atoms. The zero-order chi connectivity index (χ0) is 16.1.